The van der Waals surface area contributed by atoms with Crippen LogP contribution >= 0.6 is 11.3 Å². The van der Waals surface area contributed by atoms with Gasteiger partial charge >= 0.3 is 0 Å². The molecule has 118 valence electrons. The molecule has 0 saturated carbocycles. The maximum Gasteiger partial charge on any atom is 0.274 e. The molecule has 0 unspecified atom stereocenters. The Morgan fingerprint density at radius 3 is 2.62 bits per heavy atom. The number of imidazole rings is 1. The molecular weight excluding hydrogens is 316 g/mol. The van der Waals surface area contributed by atoms with Gasteiger partial charge in [0, 0.05) is 0 Å². The number of fused-ring (bicyclic) bond motifs is 3. The van der Waals surface area contributed by atoms with Gasteiger partial charge in [0.2, 0.25) is 0 Å². The molecule has 2 aromatic heterocycles. The predicted octanol–water partition coefficient (Wildman–Crippen LogP) is 3.74. The zero-order valence-corrected chi connectivity index (χ0v) is 14.3. The van der Waals surface area contributed by atoms with Gasteiger partial charge in [-0.25, -0.2) is 9.38 Å². The summed E-state index contributed by atoms with van der Waals surface area (Å²) in [5.41, 5.74) is 5.24. The summed E-state index contributed by atoms with van der Waals surface area (Å²) in [6.45, 7) is 4.12. The van der Waals surface area contributed by atoms with Crippen LogP contribution in [0.25, 0.3) is 28.1 Å². The van der Waals surface area contributed by atoms with E-state index in [4.69, 9.17) is 0 Å². The SMILES string of the molecule is Cc1cc2nc3sc(=C/C=C\c4ccccc4)c(=O)n3c2cc1C. The van der Waals surface area contributed by atoms with Crippen molar-refractivity contribution in [2.75, 3.05) is 0 Å². The van der Waals surface area contributed by atoms with E-state index in [1.54, 1.807) is 4.40 Å². The quantitative estimate of drug-likeness (QED) is 0.560. The lowest BCUT2D eigenvalue weighted by molar-refractivity contribution is 1.18. The first-order valence-electron chi connectivity index (χ1n) is 7.79. The molecular formula is C20H16N2OS. The van der Waals surface area contributed by atoms with E-state index >= 15 is 0 Å². The minimum atomic E-state index is -0.00142. The molecule has 2 heterocycles. The normalized spacial score (nSPS) is 12.8. The topological polar surface area (TPSA) is 34.4 Å². The highest BCUT2D eigenvalue weighted by molar-refractivity contribution is 7.15. The van der Waals surface area contributed by atoms with Crippen molar-refractivity contribution in [3.63, 3.8) is 0 Å². The van der Waals surface area contributed by atoms with E-state index in [1.165, 1.54) is 22.5 Å². The highest BCUT2D eigenvalue weighted by Crippen LogP contribution is 2.20. The molecule has 0 fully saturated rings. The minimum Gasteiger partial charge on any atom is -0.267 e. The van der Waals surface area contributed by atoms with Crippen LogP contribution in [0.5, 0.6) is 0 Å². The van der Waals surface area contributed by atoms with Crippen LogP contribution in [0.1, 0.15) is 16.7 Å². The lowest BCUT2D eigenvalue weighted by Gasteiger charge is -1.98. The Bertz CT molecular complexity index is 1180. The summed E-state index contributed by atoms with van der Waals surface area (Å²) in [5, 5.41) is 0. The lowest BCUT2D eigenvalue weighted by Crippen LogP contribution is -2.22. The Labute approximate surface area is 143 Å². The number of thiazole rings is 1. The summed E-state index contributed by atoms with van der Waals surface area (Å²) in [5.74, 6) is 0. The van der Waals surface area contributed by atoms with Crippen LogP contribution < -0.4 is 10.1 Å². The summed E-state index contributed by atoms with van der Waals surface area (Å²) in [7, 11) is 0. The van der Waals surface area contributed by atoms with Crippen LogP contribution in [0.2, 0.25) is 0 Å². The Morgan fingerprint density at radius 1 is 1.08 bits per heavy atom. The van der Waals surface area contributed by atoms with Crippen molar-refractivity contribution in [3.05, 3.63) is 80.1 Å². The predicted molar refractivity (Wildman–Crippen MR) is 101 cm³/mol. The first kappa shape index (κ1) is 14.8. The van der Waals surface area contributed by atoms with Crippen molar-refractivity contribution in [2.24, 2.45) is 0 Å². The van der Waals surface area contributed by atoms with Gasteiger partial charge in [-0.15, -0.1) is 0 Å². The molecule has 4 rings (SSSR count). The van der Waals surface area contributed by atoms with E-state index in [2.05, 4.69) is 18.8 Å². The van der Waals surface area contributed by atoms with Gasteiger partial charge in [0.05, 0.1) is 15.6 Å². The van der Waals surface area contributed by atoms with Crippen LogP contribution in [0, 0.1) is 13.8 Å². The Kier molecular flexibility index (Phi) is 3.54. The van der Waals surface area contributed by atoms with E-state index in [9.17, 15) is 4.79 Å². The average molecular weight is 332 g/mol. The minimum absolute atomic E-state index is 0.00142. The van der Waals surface area contributed by atoms with Gasteiger partial charge in [-0.05, 0) is 48.7 Å². The number of hydrogen-bond donors (Lipinski definition) is 0. The molecule has 0 N–H and O–H groups in total. The summed E-state index contributed by atoms with van der Waals surface area (Å²) < 4.78 is 2.42. The van der Waals surface area contributed by atoms with Crippen molar-refractivity contribution < 1.29 is 0 Å². The van der Waals surface area contributed by atoms with E-state index in [-0.39, 0.29) is 5.56 Å². The summed E-state index contributed by atoms with van der Waals surface area (Å²) in [6.07, 6.45) is 5.77. The second-order valence-electron chi connectivity index (χ2n) is 5.86. The molecule has 0 aliphatic heterocycles. The van der Waals surface area contributed by atoms with Gasteiger partial charge in [0.1, 0.15) is 0 Å². The van der Waals surface area contributed by atoms with Gasteiger partial charge in [-0.2, -0.15) is 0 Å². The van der Waals surface area contributed by atoms with Crippen LogP contribution in [-0.4, -0.2) is 9.38 Å². The van der Waals surface area contributed by atoms with Crippen LogP contribution in [0.3, 0.4) is 0 Å². The number of benzene rings is 2. The molecule has 0 spiro atoms. The van der Waals surface area contributed by atoms with Crippen molar-refractivity contribution in [2.45, 2.75) is 13.8 Å². The molecule has 0 radical (unpaired) electrons. The fourth-order valence-corrected chi connectivity index (χ4v) is 3.68. The van der Waals surface area contributed by atoms with E-state index in [0.29, 0.717) is 4.53 Å². The van der Waals surface area contributed by atoms with Gasteiger partial charge in [-0.3, -0.25) is 4.79 Å². The first-order chi connectivity index (χ1) is 11.6. The highest BCUT2D eigenvalue weighted by Gasteiger charge is 2.11. The molecule has 2 aromatic carbocycles. The van der Waals surface area contributed by atoms with Crippen LogP contribution in [0.15, 0.2) is 53.3 Å². The highest BCUT2D eigenvalue weighted by atomic mass is 32.1. The van der Waals surface area contributed by atoms with Crippen LogP contribution in [0.4, 0.5) is 0 Å². The second-order valence-corrected chi connectivity index (χ2v) is 6.87. The number of hydrogen-bond acceptors (Lipinski definition) is 3. The molecule has 0 amide bonds. The largest absolute Gasteiger partial charge is 0.274 e. The summed E-state index contributed by atoms with van der Waals surface area (Å²) >= 11 is 1.43. The number of nitrogens with zero attached hydrogens (tertiary/aromatic N) is 2. The summed E-state index contributed by atoms with van der Waals surface area (Å²) in [4.78, 5) is 18.1. The second kappa shape index (κ2) is 5.73. The Balaban J connectivity index is 1.84. The monoisotopic (exact) mass is 332 g/mol. The fraction of sp³-hybridized carbons (Fsp3) is 0.100. The number of rotatable bonds is 2. The van der Waals surface area contributed by atoms with Crippen molar-refractivity contribution >= 4 is 39.5 Å². The molecule has 24 heavy (non-hydrogen) atoms. The lowest BCUT2D eigenvalue weighted by atomic mass is 10.1. The van der Waals surface area contributed by atoms with Gasteiger partial charge < -0.3 is 0 Å². The molecule has 0 atom stereocenters. The van der Waals surface area contributed by atoms with Crippen molar-refractivity contribution in [1.29, 1.82) is 0 Å². The van der Waals surface area contributed by atoms with Crippen LogP contribution in [-0.2, 0) is 0 Å². The maximum atomic E-state index is 12.7. The smallest absolute Gasteiger partial charge is 0.267 e. The van der Waals surface area contributed by atoms with Crippen molar-refractivity contribution in [3.8, 4) is 0 Å². The molecule has 0 aliphatic rings. The first-order valence-corrected chi connectivity index (χ1v) is 8.61. The fourth-order valence-electron chi connectivity index (χ4n) is 2.74. The van der Waals surface area contributed by atoms with Gasteiger partial charge in [0.15, 0.2) is 4.96 Å². The van der Waals surface area contributed by atoms with E-state index in [1.807, 2.05) is 60.7 Å². The number of allylic oxidation sites excluding steroid dienone is 1. The van der Waals surface area contributed by atoms with Gasteiger partial charge in [0.25, 0.3) is 5.56 Å². The zero-order chi connectivity index (χ0) is 16.7. The average Bonchev–Trinajstić information content (AvgIpc) is 3.06. The zero-order valence-electron chi connectivity index (χ0n) is 13.5. The van der Waals surface area contributed by atoms with Gasteiger partial charge in [-0.1, -0.05) is 53.8 Å². The number of aryl methyl sites for hydroxylation is 2. The molecule has 4 heteroatoms. The molecule has 0 bridgehead atoms. The molecule has 4 aromatic rings. The Hall–Kier alpha value is -2.72. The van der Waals surface area contributed by atoms with Crippen molar-refractivity contribution in [1.82, 2.24) is 9.38 Å². The van der Waals surface area contributed by atoms with E-state index in [0.717, 1.165) is 21.6 Å². The Morgan fingerprint density at radius 2 is 1.83 bits per heavy atom. The third-order valence-corrected chi connectivity index (χ3v) is 5.18. The third-order valence-electron chi connectivity index (χ3n) is 4.19. The standard InChI is InChI=1S/C20H16N2OS/c1-13-11-16-17(12-14(13)2)22-19(23)18(24-20(22)21-16)10-6-9-15-7-4-3-5-8-15/h3-12H,1-2H3/b9-6-,18-10?. The molecule has 0 saturated heterocycles. The molecule has 0 aliphatic carbocycles. The third kappa shape index (κ3) is 2.45. The maximum absolute atomic E-state index is 12.7. The van der Waals surface area contributed by atoms with E-state index < -0.39 is 0 Å². The molecule has 3 nitrogen and oxygen atoms in total. The summed E-state index contributed by atoms with van der Waals surface area (Å²) in [6, 6.07) is 14.1. The number of aromatic nitrogens is 2.